The first-order chi connectivity index (χ1) is 5.11. The molecule has 0 aromatic heterocycles. The Morgan fingerprint density at radius 3 is 2.64 bits per heavy atom. The lowest BCUT2D eigenvalue weighted by molar-refractivity contribution is 0.101. The molecular weight excluding hydrogens is 274 g/mol. The number of Topliss-reactive ketones (excluding diaryl/α,β-unsaturated/α-hetero) is 1. The molecule has 0 radical (unpaired) electrons. The standard InChI is InChI=1S/C8H6ClIO/c1-5(11)6-2-3-8(10)7(9)4-6/h2-4H,1H3. The number of carbonyl (C=O) groups is 1. The molecule has 0 N–H and O–H groups in total. The van der Waals surface area contributed by atoms with Gasteiger partial charge in [0, 0.05) is 9.13 Å². The highest BCUT2D eigenvalue weighted by Crippen LogP contribution is 2.19. The smallest absolute Gasteiger partial charge is 0.159 e. The molecule has 0 heterocycles. The zero-order valence-electron chi connectivity index (χ0n) is 5.90. The van der Waals surface area contributed by atoms with Crippen molar-refractivity contribution in [1.29, 1.82) is 0 Å². The molecule has 0 fully saturated rings. The van der Waals surface area contributed by atoms with Crippen molar-refractivity contribution >= 4 is 40.0 Å². The van der Waals surface area contributed by atoms with Gasteiger partial charge in [0.05, 0.1) is 5.02 Å². The molecule has 0 bridgehead atoms. The lowest BCUT2D eigenvalue weighted by Gasteiger charge is -1.97. The van der Waals surface area contributed by atoms with Gasteiger partial charge in [-0.15, -0.1) is 0 Å². The van der Waals surface area contributed by atoms with E-state index in [9.17, 15) is 4.79 Å². The second kappa shape index (κ2) is 3.54. The molecule has 0 aliphatic heterocycles. The molecule has 0 saturated carbocycles. The monoisotopic (exact) mass is 280 g/mol. The van der Waals surface area contributed by atoms with Crippen LogP contribution in [0.3, 0.4) is 0 Å². The molecule has 1 aromatic rings. The van der Waals surface area contributed by atoms with Gasteiger partial charge in [0.1, 0.15) is 0 Å². The molecule has 0 aliphatic carbocycles. The summed E-state index contributed by atoms with van der Waals surface area (Å²) in [6, 6.07) is 5.29. The number of hydrogen-bond donors (Lipinski definition) is 0. The van der Waals surface area contributed by atoms with Gasteiger partial charge in [-0.2, -0.15) is 0 Å². The summed E-state index contributed by atoms with van der Waals surface area (Å²) in [6.07, 6.45) is 0. The van der Waals surface area contributed by atoms with Crippen molar-refractivity contribution in [2.24, 2.45) is 0 Å². The highest BCUT2D eigenvalue weighted by molar-refractivity contribution is 14.1. The fourth-order valence-corrected chi connectivity index (χ4v) is 1.23. The van der Waals surface area contributed by atoms with Gasteiger partial charge >= 0.3 is 0 Å². The van der Waals surface area contributed by atoms with E-state index in [1.165, 1.54) is 6.92 Å². The Morgan fingerprint density at radius 1 is 1.55 bits per heavy atom. The molecule has 0 unspecified atom stereocenters. The fraction of sp³-hybridized carbons (Fsp3) is 0.125. The number of ketones is 1. The van der Waals surface area contributed by atoms with Crippen LogP contribution in [-0.4, -0.2) is 5.78 Å². The lowest BCUT2D eigenvalue weighted by atomic mass is 10.2. The first-order valence-electron chi connectivity index (χ1n) is 3.07. The van der Waals surface area contributed by atoms with E-state index in [0.717, 1.165) is 3.57 Å². The van der Waals surface area contributed by atoms with Crippen LogP contribution in [0.4, 0.5) is 0 Å². The summed E-state index contributed by atoms with van der Waals surface area (Å²) in [7, 11) is 0. The van der Waals surface area contributed by atoms with Crippen molar-refractivity contribution in [2.45, 2.75) is 6.92 Å². The average molecular weight is 280 g/mol. The topological polar surface area (TPSA) is 17.1 Å². The summed E-state index contributed by atoms with van der Waals surface area (Å²) in [4.78, 5) is 10.8. The second-order valence-electron chi connectivity index (χ2n) is 2.19. The van der Waals surface area contributed by atoms with Crippen LogP contribution in [0, 0.1) is 3.57 Å². The highest BCUT2D eigenvalue weighted by Gasteiger charge is 2.01. The molecule has 1 aromatic carbocycles. The van der Waals surface area contributed by atoms with Crippen molar-refractivity contribution in [1.82, 2.24) is 0 Å². The van der Waals surface area contributed by atoms with Crippen LogP contribution in [-0.2, 0) is 0 Å². The van der Waals surface area contributed by atoms with Crippen molar-refractivity contribution in [3.8, 4) is 0 Å². The maximum atomic E-state index is 10.8. The molecule has 1 nitrogen and oxygen atoms in total. The Labute approximate surface area is 83.9 Å². The minimum atomic E-state index is 0.0447. The van der Waals surface area contributed by atoms with E-state index >= 15 is 0 Å². The van der Waals surface area contributed by atoms with Gasteiger partial charge in [-0.25, -0.2) is 0 Å². The van der Waals surface area contributed by atoms with Crippen molar-refractivity contribution in [3.63, 3.8) is 0 Å². The molecular formula is C8H6ClIO. The van der Waals surface area contributed by atoms with Gasteiger partial charge in [0.25, 0.3) is 0 Å². The van der Waals surface area contributed by atoms with E-state index in [0.29, 0.717) is 10.6 Å². The number of halogens is 2. The average Bonchev–Trinajstić information content (AvgIpc) is 1.94. The number of rotatable bonds is 1. The zero-order chi connectivity index (χ0) is 8.43. The summed E-state index contributed by atoms with van der Waals surface area (Å²) >= 11 is 7.92. The predicted octanol–water partition coefficient (Wildman–Crippen LogP) is 3.15. The number of carbonyl (C=O) groups excluding carboxylic acids is 1. The second-order valence-corrected chi connectivity index (χ2v) is 3.75. The summed E-state index contributed by atoms with van der Waals surface area (Å²) < 4.78 is 0.967. The van der Waals surface area contributed by atoms with Gasteiger partial charge in [-0.3, -0.25) is 4.79 Å². The van der Waals surface area contributed by atoms with E-state index in [1.54, 1.807) is 12.1 Å². The quantitative estimate of drug-likeness (QED) is 0.570. The van der Waals surface area contributed by atoms with E-state index in [1.807, 2.05) is 6.07 Å². The van der Waals surface area contributed by atoms with Gasteiger partial charge < -0.3 is 0 Å². The van der Waals surface area contributed by atoms with Gasteiger partial charge in [-0.1, -0.05) is 17.7 Å². The Morgan fingerprint density at radius 2 is 2.18 bits per heavy atom. The third-order valence-electron chi connectivity index (χ3n) is 1.33. The molecule has 0 saturated heterocycles. The SMILES string of the molecule is CC(=O)c1ccc(I)c(Cl)c1. The van der Waals surface area contributed by atoms with Crippen molar-refractivity contribution < 1.29 is 4.79 Å². The van der Waals surface area contributed by atoms with Gasteiger partial charge in [0.15, 0.2) is 5.78 Å². The maximum absolute atomic E-state index is 10.8. The Balaban J connectivity index is 3.15. The Bertz CT molecular complexity index is 296. The van der Waals surface area contributed by atoms with Crippen LogP contribution in [0.15, 0.2) is 18.2 Å². The van der Waals surface area contributed by atoms with Gasteiger partial charge in [-0.05, 0) is 41.6 Å². The molecule has 3 heteroatoms. The minimum Gasteiger partial charge on any atom is -0.295 e. The van der Waals surface area contributed by atoms with E-state index < -0.39 is 0 Å². The third kappa shape index (κ3) is 2.17. The van der Waals surface area contributed by atoms with Crippen LogP contribution in [0.2, 0.25) is 5.02 Å². The van der Waals surface area contributed by atoms with Gasteiger partial charge in [0.2, 0.25) is 0 Å². The molecule has 0 aliphatic rings. The van der Waals surface area contributed by atoms with Crippen molar-refractivity contribution in [2.75, 3.05) is 0 Å². The maximum Gasteiger partial charge on any atom is 0.159 e. The van der Waals surface area contributed by atoms with Crippen LogP contribution < -0.4 is 0 Å². The summed E-state index contributed by atoms with van der Waals surface area (Å²) in [5.74, 6) is 0.0447. The van der Waals surface area contributed by atoms with Crippen LogP contribution >= 0.6 is 34.2 Å². The third-order valence-corrected chi connectivity index (χ3v) is 2.90. The molecule has 0 spiro atoms. The van der Waals surface area contributed by atoms with Crippen molar-refractivity contribution in [3.05, 3.63) is 32.4 Å². The molecule has 0 atom stereocenters. The largest absolute Gasteiger partial charge is 0.295 e. The lowest BCUT2D eigenvalue weighted by Crippen LogP contribution is -1.91. The predicted molar refractivity (Wildman–Crippen MR) is 54.2 cm³/mol. The Hall–Kier alpha value is -0.0900. The summed E-state index contributed by atoms with van der Waals surface area (Å²) in [5.41, 5.74) is 0.662. The first kappa shape index (κ1) is 9.00. The summed E-state index contributed by atoms with van der Waals surface area (Å²) in [5, 5.41) is 0.637. The van der Waals surface area contributed by atoms with Crippen LogP contribution in [0.25, 0.3) is 0 Å². The first-order valence-corrected chi connectivity index (χ1v) is 4.53. The van der Waals surface area contributed by atoms with E-state index in [-0.39, 0.29) is 5.78 Å². The fourth-order valence-electron chi connectivity index (χ4n) is 0.715. The Kier molecular flexibility index (Phi) is 2.90. The molecule has 11 heavy (non-hydrogen) atoms. The van der Waals surface area contributed by atoms with Crippen LogP contribution in [0.5, 0.6) is 0 Å². The minimum absolute atomic E-state index is 0.0447. The van der Waals surface area contributed by atoms with E-state index in [2.05, 4.69) is 22.6 Å². The molecule has 58 valence electrons. The molecule has 1 rings (SSSR count). The number of benzene rings is 1. The van der Waals surface area contributed by atoms with Crippen LogP contribution in [0.1, 0.15) is 17.3 Å². The normalized spacial score (nSPS) is 9.73. The zero-order valence-corrected chi connectivity index (χ0v) is 8.81. The highest BCUT2D eigenvalue weighted by atomic mass is 127. The molecule has 0 amide bonds. The van der Waals surface area contributed by atoms with E-state index in [4.69, 9.17) is 11.6 Å². The summed E-state index contributed by atoms with van der Waals surface area (Å²) in [6.45, 7) is 1.53. The number of hydrogen-bond acceptors (Lipinski definition) is 1.